The first-order chi connectivity index (χ1) is 15.4. The third kappa shape index (κ3) is 5.38. The van der Waals surface area contributed by atoms with Gasteiger partial charge < -0.3 is 5.32 Å². The van der Waals surface area contributed by atoms with Crippen LogP contribution in [0, 0.1) is 0 Å². The number of fused-ring (bicyclic) bond motifs is 1. The highest BCUT2D eigenvalue weighted by molar-refractivity contribution is 7.89. The third-order valence-electron chi connectivity index (χ3n) is 5.71. The zero-order valence-electron chi connectivity index (χ0n) is 17.5. The Balaban J connectivity index is 1.58. The lowest BCUT2D eigenvalue weighted by Gasteiger charge is -2.28. The van der Waals surface area contributed by atoms with Crippen molar-refractivity contribution in [2.24, 2.45) is 0 Å². The largest absolute Gasteiger partial charge is 0.348 e. The summed E-state index contributed by atoms with van der Waals surface area (Å²) in [5.41, 5.74) is 3.20. The molecule has 0 aromatic heterocycles. The first kappa shape index (κ1) is 22.5. The Labute approximate surface area is 193 Å². The number of amides is 1. The molecule has 1 amide bonds. The van der Waals surface area contributed by atoms with Crippen molar-refractivity contribution < 1.29 is 13.2 Å². The molecular formula is C25H25ClN2O3S. The number of carbonyl (C=O) groups excluding carboxylic acids is 1. The Morgan fingerprint density at radius 2 is 1.66 bits per heavy atom. The van der Waals surface area contributed by atoms with Crippen molar-refractivity contribution in [3.8, 4) is 0 Å². The van der Waals surface area contributed by atoms with Crippen molar-refractivity contribution in [2.75, 3.05) is 0 Å². The molecule has 0 radical (unpaired) electrons. The summed E-state index contributed by atoms with van der Waals surface area (Å²) in [5.74, 6) is -0.340. The lowest BCUT2D eigenvalue weighted by molar-refractivity contribution is -0.123. The maximum absolute atomic E-state index is 13.3. The van der Waals surface area contributed by atoms with E-state index in [9.17, 15) is 13.2 Å². The van der Waals surface area contributed by atoms with E-state index in [1.165, 1.54) is 29.8 Å². The van der Waals surface area contributed by atoms with Gasteiger partial charge in [-0.15, -0.1) is 0 Å². The van der Waals surface area contributed by atoms with E-state index in [1.54, 1.807) is 0 Å². The van der Waals surface area contributed by atoms with Gasteiger partial charge in [0, 0.05) is 5.02 Å². The monoisotopic (exact) mass is 468 g/mol. The number of halogens is 1. The summed E-state index contributed by atoms with van der Waals surface area (Å²) in [6.45, 7) is 0. The number of nitrogens with one attached hydrogen (secondary N) is 2. The molecule has 166 valence electrons. The van der Waals surface area contributed by atoms with Crippen molar-refractivity contribution >= 4 is 27.5 Å². The van der Waals surface area contributed by atoms with E-state index in [4.69, 9.17) is 11.6 Å². The van der Waals surface area contributed by atoms with Crippen LogP contribution < -0.4 is 10.0 Å². The Hall–Kier alpha value is -2.67. The Bertz CT molecular complexity index is 1180. The van der Waals surface area contributed by atoms with E-state index >= 15 is 0 Å². The summed E-state index contributed by atoms with van der Waals surface area (Å²) < 4.78 is 28.6. The molecule has 2 atom stereocenters. The third-order valence-corrected chi connectivity index (χ3v) is 7.45. The van der Waals surface area contributed by atoms with Gasteiger partial charge in [0.05, 0.1) is 10.9 Å². The minimum atomic E-state index is -3.91. The fraction of sp³-hybridized carbons (Fsp3) is 0.240. The van der Waals surface area contributed by atoms with Gasteiger partial charge in [0.15, 0.2) is 0 Å². The van der Waals surface area contributed by atoms with Crippen LogP contribution in [0.5, 0.6) is 0 Å². The van der Waals surface area contributed by atoms with Crippen LogP contribution in [0.25, 0.3) is 0 Å². The molecule has 3 aromatic carbocycles. The number of hydrogen-bond acceptors (Lipinski definition) is 3. The maximum Gasteiger partial charge on any atom is 0.241 e. The van der Waals surface area contributed by atoms with E-state index < -0.39 is 16.1 Å². The molecule has 1 aliphatic carbocycles. The second kappa shape index (κ2) is 9.86. The van der Waals surface area contributed by atoms with Gasteiger partial charge in [0.25, 0.3) is 0 Å². The van der Waals surface area contributed by atoms with E-state index in [-0.39, 0.29) is 23.3 Å². The van der Waals surface area contributed by atoms with Crippen LogP contribution in [0.15, 0.2) is 83.8 Å². The summed E-state index contributed by atoms with van der Waals surface area (Å²) in [4.78, 5) is 13.4. The fourth-order valence-corrected chi connectivity index (χ4v) is 5.40. The fourth-order valence-electron chi connectivity index (χ4n) is 4.08. The molecule has 0 fully saturated rings. The smallest absolute Gasteiger partial charge is 0.241 e. The molecule has 0 saturated heterocycles. The van der Waals surface area contributed by atoms with Gasteiger partial charge in [-0.3, -0.25) is 4.79 Å². The molecule has 5 nitrogen and oxygen atoms in total. The first-order valence-corrected chi connectivity index (χ1v) is 12.5. The van der Waals surface area contributed by atoms with Crippen LogP contribution in [-0.2, 0) is 27.7 Å². The summed E-state index contributed by atoms with van der Waals surface area (Å²) in [5, 5.41) is 3.53. The molecule has 0 unspecified atom stereocenters. The van der Waals surface area contributed by atoms with Gasteiger partial charge >= 0.3 is 0 Å². The molecule has 0 saturated carbocycles. The van der Waals surface area contributed by atoms with Gasteiger partial charge in [-0.25, -0.2) is 8.42 Å². The molecule has 32 heavy (non-hydrogen) atoms. The quantitative estimate of drug-likeness (QED) is 0.538. The van der Waals surface area contributed by atoms with E-state index in [1.807, 2.05) is 48.5 Å². The Morgan fingerprint density at radius 1 is 0.969 bits per heavy atom. The van der Waals surface area contributed by atoms with Gasteiger partial charge in [0.1, 0.15) is 6.04 Å². The van der Waals surface area contributed by atoms with E-state index in [2.05, 4.69) is 16.1 Å². The number of sulfonamides is 1. The number of benzene rings is 3. The first-order valence-electron chi connectivity index (χ1n) is 10.6. The lowest BCUT2D eigenvalue weighted by atomic mass is 9.87. The normalized spacial score (nSPS) is 16.7. The highest BCUT2D eigenvalue weighted by Gasteiger charge is 2.29. The highest BCUT2D eigenvalue weighted by atomic mass is 35.5. The Morgan fingerprint density at radius 3 is 2.41 bits per heavy atom. The van der Waals surface area contributed by atoms with Gasteiger partial charge in [-0.05, 0) is 66.6 Å². The van der Waals surface area contributed by atoms with Crippen molar-refractivity contribution in [2.45, 2.75) is 42.7 Å². The predicted molar refractivity (Wildman–Crippen MR) is 126 cm³/mol. The molecule has 7 heteroatoms. The van der Waals surface area contributed by atoms with Crippen LogP contribution in [-0.4, -0.2) is 20.4 Å². The van der Waals surface area contributed by atoms with Gasteiger partial charge in [-0.1, -0.05) is 66.2 Å². The van der Waals surface area contributed by atoms with E-state index in [0.717, 1.165) is 30.4 Å². The second-order valence-electron chi connectivity index (χ2n) is 7.97. The molecule has 0 heterocycles. The van der Waals surface area contributed by atoms with Crippen LogP contribution in [0.1, 0.15) is 35.6 Å². The molecule has 0 bridgehead atoms. The van der Waals surface area contributed by atoms with Gasteiger partial charge in [-0.2, -0.15) is 4.72 Å². The second-order valence-corrected chi connectivity index (χ2v) is 10.1. The van der Waals surface area contributed by atoms with Crippen LogP contribution >= 0.6 is 11.6 Å². The lowest BCUT2D eigenvalue weighted by Crippen LogP contribution is -2.49. The average molecular weight is 469 g/mol. The minimum absolute atomic E-state index is 0.0655. The topological polar surface area (TPSA) is 75.3 Å². The zero-order chi connectivity index (χ0) is 22.6. The number of aryl methyl sites for hydroxylation is 1. The molecule has 0 spiro atoms. The summed E-state index contributed by atoms with van der Waals surface area (Å²) >= 11 is 5.90. The SMILES string of the molecule is O=C(N[C@@H]1CCCc2ccccc21)[C@@H](Cc1ccccc1)NS(=O)(=O)c1ccc(Cl)cc1. The standard InChI is InChI=1S/C25H25ClN2O3S/c26-20-13-15-21(16-14-20)32(30,31)28-24(17-18-7-2-1-3-8-18)25(29)27-23-12-6-10-19-9-4-5-11-22(19)23/h1-5,7-9,11,13-16,23-24,28H,6,10,12,17H2,(H,27,29)/t23-,24-/m1/s1. The minimum Gasteiger partial charge on any atom is -0.348 e. The van der Waals surface area contributed by atoms with Crippen molar-refractivity contribution in [1.82, 2.24) is 10.0 Å². The van der Waals surface area contributed by atoms with Crippen molar-refractivity contribution in [1.29, 1.82) is 0 Å². The molecule has 2 N–H and O–H groups in total. The van der Waals surface area contributed by atoms with Gasteiger partial charge in [0.2, 0.25) is 15.9 Å². The van der Waals surface area contributed by atoms with Crippen molar-refractivity contribution in [3.05, 3.63) is 101 Å². The van der Waals surface area contributed by atoms with E-state index in [0.29, 0.717) is 5.02 Å². The average Bonchev–Trinajstić information content (AvgIpc) is 2.80. The summed E-state index contributed by atoms with van der Waals surface area (Å²) in [6.07, 6.45) is 3.03. The molecule has 3 aromatic rings. The molecular weight excluding hydrogens is 444 g/mol. The molecule has 0 aliphatic heterocycles. The number of carbonyl (C=O) groups is 1. The highest BCUT2D eigenvalue weighted by Crippen LogP contribution is 2.29. The number of rotatable bonds is 7. The predicted octanol–water partition coefficient (Wildman–Crippen LogP) is 4.42. The molecule has 4 rings (SSSR count). The Kier molecular flexibility index (Phi) is 6.94. The molecule has 1 aliphatic rings. The van der Waals surface area contributed by atoms with Crippen LogP contribution in [0.3, 0.4) is 0 Å². The van der Waals surface area contributed by atoms with Crippen LogP contribution in [0.4, 0.5) is 0 Å². The van der Waals surface area contributed by atoms with Crippen molar-refractivity contribution in [3.63, 3.8) is 0 Å². The number of hydrogen-bond donors (Lipinski definition) is 2. The summed E-state index contributed by atoms with van der Waals surface area (Å²) in [6, 6.07) is 22.3. The van der Waals surface area contributed by atoms with Crippen LogP contribution in [0.2, 0.25) is 5.02 Å². The summed E-state index contributed by atoms with van der Waals surface area (Å²) in [7, 11) is -3.91. The maximum atomic E-state index is 13.3. The zero-order valence-corrected chi connectivity index (χ0v) is 19.1.